The summed E-state index contributed by atoms with van der Waals surface area (Å²) >= 11 is 0. The van der Waals surface area contributed by atoms with Crippen molar-refractivity contribution in [2.24, 2.45) is 0 Å². The van der Waals surface area contributed by atoms with Crippen molar-refractivity contribution in [1.29, 1.82) is 0 Å². The number of carbonyl (C=O) groups is 1. The van der Waals surface area contributed by atoms with Gasteiger partial charge in [-0.05, 0) is 66.1 Å². The quantitative estimate of drug-likeness (QED) is 0.151. The Morgan fingerprint density at radius 2 is 1.61 bits per heavy atom. The van der Waals surface area contributed by atoms with E-state index in [2.05, 4.69) is 64.5 Å². The second-order valence-electron chi connectivity index (χ2n) is 8.43. The minimum atomic E-state index is -0.503. The number of hydroxylamine groups is 1. The Bertz CT molecular complexity index is 1170. The number of benzene rings is 3. The Morgan fingerprint density at radius 3 is 2.39 bits per heavy atom. The smallest absolute Gasteiger partial charge is 0.274 e. The van der Waals surface area contributed by atoms with Crippen molar-refractivity contribution in [2.45, 2.75) is 38.6 Å². The first-order chi connectivity index (χ1) is 16.2. The van der Waals surface area contributed by atoms with Gasteiger partial charge in [-0.1, -0.05) is 61.4 Å². The van der Waals surface area contributed by atoms with Gasteiger partial charge in [-0.25, -0.2) is 5.48 Å². The fourth-order valence-corrected chi connectivity index (χ4v) is 4.14. The van der Waals surface area contributed by atoms with Crippen molar-refractivity contribution in [2.75, 3.05) is 11.9 Å². The zero-order chi connectivity index (χ0) is 22.9. The molecule has 0 fully saturated rings. The van der Waals surface area contributed by atoms with Crippen LogP contribution in [0.4, 0.5) is 5.69 Å². The monoisotopic (exact) mass is 441 g/mol. The number of hydrogen-bond acceptors (Lipinski definition) is 3. The Labute approximate surface area is 195 Å². The van der Waals surface area contributed by atoms with Crippen molar-refractivity contribution >= 4 is 22.5 Å². The number of aromatic nitrogens is 1. The van der Waals surface area contributed by atoms with Gasteiger partial charge in [-0.3, -0.25) is 10.0 Å². The Hall–Kier alpha value is -3.57. The van der Waals surface area contributed by atoms with Gasteiger partial charge in [-0.15, -0.1) is 0 Å². The molecule has 0 atom stereocenters. The molecule has 0 spiro atoms. The summed E-state index contributed by atoms with van der Waals surface area (Å²) in [5.41, 5.74) is 6.86. The van der Waals surface area contributed by atoms with Gasteiger partial charge in [0.05, 0.1) is 0 Å². The van der Waals surface area contributed by atoms with Crippen LogP contribution in [0.3, 0.4) is 0 Å². The van der Waals surface area contributed by atoms with Crippen LogP contribution in [-0.4, -0.2) is 22.2 Å². The normalized spacial score (nSPS) is 10.9. The van der Waals surface area contributed by atoms with Gasteiger partial charge >= 0.3 is 0 Å². The highest BCUT2D eigenvalue weighted by atomic mass is 16.5. The van der Waals surface area contributed by atoms with Crippen LogP contribution in [0.25, 0.3) is 10.9 Å². The lowest BCUT2D eigenvalue weighted by molar-refractivity contribution is 0.0706. The van der Waals surface area contributed by atoms with Crippen LogP contribution in [0.15, 0.2) is 85.1 Å². The van der Waals surface area contributed by atoms with E-state index < -0.39 is 5.91 Å². The van der Waals surface area contributed by atoms with Gasteiger partial charge in [0.15, 0.2) is 0 Å². The van der Waals surface area contributed by atoms with Crippen LogP contribution < -0.4 is 10.8 Å². The summed E-state index contributed by atoms with van der Waals surface area (Å²) in [7, 11) is 0. The number of unbranched alkanes of at least 4 members (excludes halogenated alkanes) is 3. The molecule has 0 aliphatic rings. The lowest BCUT2D eigenvalue weighted by atomic mass is 10.1. The molecule has 0 saturated carbocycles. The van der Waals surface area contributed by atoms with E-state index in [-0.39, 0.29) is 0 Å². The van der Waals surface area contributed by atoms with Crippen LogP contribution in [0.1, 0.15) is 47.2 Å². The van der Waals surface area contributed by atoms with E-state index in [1.807, 2.05) is 18.3 Å². The number of hydrogen-bond donors (Lipinski definition) is 3. The fraction of sp³-hybridized carbons (Fsp3) is 0.250. The predicted octanol–water partition coefficient (Wildman–Crippen LogP) is 6.02. The van der Waals surface area contributed by atoms with Crippen molar-refractivity contribution in [3.05, 3.63) is 102 Å². The first-order valence-electron chi connectivity index (χ1n) is 11.6. The third kappa shape index (κ3) is 6.24. The number of aryl methyl sites for hydroxylation is 1. The summed E-state index contributed by atoms with van der Waals surface area (Å²) < 4.78 is 2.11. The van der Waals surface area contributed by atoms with Crippen LogP contribution in [0, 0.1) is 0 Å². The number of anilines is 1. The summed E-state index contributed by atoms with van der Waals surface area (Å²) in [5, 5.41) is 13.5. The van der Waals surface area contributed by atoms with Gasteiger partial charge in [0.1, 0.15) is 0 Å². The van der Waals surface area contributed by atoms with Crippen LogP contribution in [0.5, 0.6) is 0 Å². The van der Waals surface area contributed by atoms with E-state index in [1.54, 1.807) is 17.6 Å². The lowest BCUT2D eigenvalue weighted by Crippen LogP contribution is -2.18. The zero-order valence-electron chi connectivity index (χ0n) is 18.8. The van der Waals surface area contributed by atoms with Gasteiger partial charge in [0.2, 0.25) is 0 Å². The largest absolute Gasteiger partial charge is 0.385 e. The average molecular weight is 442 g/mol. The maximum absolute atomic E-state index is 11.7. The number of amides is 1. The molecule has 5 nitrogen and oxygen atoms in total. The molecule has 0 bridgehead atoms. The second-order valence-corrected chi connectivity index (χ2v) is 8.43. The average Bonchev–Trinajstić information content (AvgIpc) is 3.26. The van der Waals surface area contributed by atoms with E-state index in [9.17, 15) is 4.79 Å². The van der Waals surface area contributed by atoms with Gasteiger partial charge in [-0.2, -0.15) is 0 Å². The Kier molecular flexibility index (Phi) is 7.77. The summed E-state index contributed by atoms with van der Waals surface area (Å²) in [5.74, 6) is -0.503. The highest BCUT2D eigenvalue weighted by Gasteiger charge is 2.08. The standard InChI is InChI=1S/C28H31N3O2/c32-28(30-33)25-14-13-24-17-19-31(27(24)20-25)21-23-11-15-26(16-12-23)29-18-7-2-1-4-8-22-9-5-3-6-10-22/h3,5-6,9-17,19-20,29,33H,1-2,4,7-8,18,21H2,(H,30,32). The molecule has 0 unspecified atom stereocenters. The number of rotatable bonds is 11. The first kappa shape index (κ1) is 22.6. The molecule has 1 heterocycles. The van der Waals surface area contributed by atoms with Crippen molar-refractivity contribution < 1.29 is 10.0 Å². The summed E-state index contributed by atoms with van der Waals surface area (Å²) in [4.78, 5) is 11.7. The number of fused-ring (bicyclic) bond motifs is 1. The van der Waals surface area contributed by atoms with E-state index in [4.69, 9.17) is 5.21 Å². The molecule has 1 aromatic heterocycles. The summed E-state index contributed by atoms with van der Waals surface area (Å²) in [6.07, 6.45) is 8.13. The summed E-state index contributed by atoms with van der Waals surface area (Å²) in [6, 6.07) is 26.7. The van der Waals surface area contributed by atoms with Crippen LogP contribution in [0.2, 0.25) is 0 Å². The third-order valence-electron chi connectivity index (χ3n) is 6.01. The number of nitrogens with zero attached hydrogens (tertiary/aromatic N) is 1. The Balaban J connectivity index is 1.22. The predicted molar refractivity (Wildman–Crippen MR) is 134 cm³/mol. The minimum Gasteiger partial charge on any atom is -0.385 e. The Morgan fingerprint density at radius 1 is 0.818 bits per heavy atom. The third-order valence-corrected chi connectivity index (χ3v) is 6.01. The van der Waals surface area contributed by atoms with Gasteiger partial charge in [0.25, 0.3) is 5.91 Å². The maximum Gasteiger partial charge on any atom is 0.274 e. The van der Waals surface area contributed by atoms with Crippen molar-refractivity contribution in [3.8, 4) is 0 Å². The highest BCUT2D eigenvalue weighted by Crippen LogP contribution is 2.20. The van der Waals surface area contributed by atoms with E-state index >= 15 is 0 Å². The zero-order valence-corrected chi connectivity index (χ0v) is 18.8. The first-order valence-corrected chi connectivity index (χ1v) is 11.6. The number of nitrogens with one attached hydrogen (secondary N) is 2. The molecule has 0 aliphatic carbocycles. The highest BCUT2D eigenvalue weighted by molar-refractivity contribution is 5.97. The van der Waals surface area contributed by atoms with E-state index in [1.165, 1.54) is 43.2 Å². The molecule has 3 aromatic carbocycles. The lowest BCUT2D eigenvalue weighted by Gasteiger charge is -2.10. The van der Waals surface area contributed by atoms with E-state index in [0.29, 0.717) is 5.56 Å². The molecule has 4 rings (SSSR count). The van der Waals surface area contributed by atoms with Crippen molar-refractivity contribution in [1.82, 2.24) is 10.0 Å². The maximum atomic E-state index is 11.7. The van der Waals surface area contributed by atoms with Gasteiger partial charge in [0, 0.05) is 36.1 Å². The fourth-order valence-electron chi connectivity index (χ4n) is 4.14. The molecule has 170 valence electrons. The number of carbonyl (C=O) groups excluding carboxylic acids is 1. The molecular formula is C28H31N3O2. The van der Waals surface area contributed by atoms with Crippen molar-refractivity contribution in [3.63, 3.8) is 0 Å². The topological polar surface area (TPSA) is 66.3 Å². The molecule has 5 heteroatoms. The van der Waals surface area contributed by atoms with Gasteiger partial charge < -0.3 is 9.88 Å². The molecule has 4 aromatic rings. The minimum absolute atomic E-state index is 0.435. The molecule has 0 radical (unpaired) electrons. The molecule has 0 aliphatic heterocycles. The summed E-state index contributed by atoms with van der Waals surface area (Å²) in [6.45, 7) is 1.71. The molecule has 33 heavy (non-hydrogen) atoms. The van der Waals surface area contributed by atoms with Crippen LogP contribution >= 0.6 is 0 Å². The van der Waals surface area contributed by atoms with Crippen LogP contribution in [-0.2, 0) is 13.0 Å². The SMILES string of the molecule is O=C(NO)c1ccc2ccn(Cc3ccc(NCCCCCCc4ccccc4)cc3)c2c1. The molecular weight excluding hydrogens is 410 g/mol. The molecule has 1 amide bonds. The molecule has 3 N–H and O–H groups in total. The van der Waals surface area contributed by atoms with E-state index in [0.717, 1.165) is 29.7 Å². The second kappa shape index (κ2) is 11.3. The molecule has 0 saturated heterocycles.